The molecule has 1 nitrogen and oxygen atoms in total. The third kappa shape index (κ3) is 4.61. The van der Waals surface area contributed by atoms with E-state index in [1.54, 1.807) is 0 Å². The summed E-state index contributed by atoms with van der Waals surface area (Å²) in [7, 11) is 0. The van der Waals surface area contributed by atoms with Gasteiger partial charge in [0, 0.05) is 12.3 Å². The Balaban J connectivity index is 2.05. The van der Waals surface area contributed by atoms with Gasteiger partial charge in [-0.15, -0.1) is 0 Å². The molecule has 0 radical (unpaired) electrons. The van der Waals surface area contributed by atoms with Gasteiger partial charge in [0.2, 0.25) is 0 Å². The lowest BCUT2D eigenvalue weighted by atomic mass is 9.68. The number of hydrogen-bond donors (Lipinski definition) is 0. The zero-order chi connectivity index (χ0) is 13.7. The van der Waals surface area contributed by atoms with Crippen molar-refractivity contribution >= 4 is 5.78 Å². The fraction of sp³-hybridized carbons (Fsp3) is 0.944. The van der Waals surface area contributed by atoms with Gasteiger partial charge in [-0.2, -0.15) is 0 Å². The summed E-state index contributed by atoms with van der Waals surface area (Å²) in [6.45, 7) is 4.75. The van der Waals surface area contributed by atoms with E-state index in [-0.39, 0.29) is 0 Å². The maximum Gasteiger partial charge on any atom is 0.136 e. The highest BCUT2D eigenvalue weighted by molar-refractivity contribution is 5.81. The molecule has 1 heteroatoms. The highest BCUT2D eigenvalue weighted by atomic mass is 16.1. The molecule has 0 aromatic heterocycles. The molecule has 2 aliphatic rings. The first-order valence-electron chi connectivity index (χ1n) is 8.61. The lowest BCUT2D eigenvalue weighted by Crippen LogP contribution is -2.31. The standard InChI is InChI=1S/C18H32O/c1-18(2)13-9-8-12-17(19)16(14-18)15-10-6-4-3-5-7-11-15/h15-16H,3-14H2,1-2H3. The van der Waals surface area contributed by atoms with Gasteiger partial charge in [-0.25, -0.2) is 0 Å². The van der Waals surface area contributed by atoms with Crippen LogP contribution in [0.25, 0.3) is 0 Å². The Hall–Kier alpha value is -0.330. The molecule has 0 aromatic carbocycles. The first kappa shape index (κ1) is 15.1. The Morgan fingerprint density at radius 3 is 2.21 bits per heavy atom. The van der Waals surface area contributed by atoms with E-state index in [2.05, 4.69) is 13.8 Å². The Labute approximate surface area is 119 Å². The Kier molecular flexibility index (Phi) is 5.47. The molecule has 0 bridgehead atoms. The zero-order valence-electron chi connectivity index (χ0n) is 13.0. The number of carbonyl (C=O) groups excluding carboxylic acids is 1. The van der Waals surface area contributed by atoms with Crippen molar-refractivity contribution < 1.29 is 4.79 Å². The van der Waals surface area contributed by atoms with Crippen molar-refractivity contribution in [2.24, 2.45) is 17.3 Å². The van der Waals surface area contributed by atoms with Gasteiger partial charge < -0.3 is 0 Å². The van der Waals surface area contributed by atoms with E-state index in [4.69, 9.17) is 0 Å². The number of Topliss-reactive ketones (excluding diaryl/α,β-unsaturated/α-hetero) is 1. The lowest BCUT2D eigenvalue weighted by Gasteiger charge is -2.36. The molecule has 0 N–H and O–H groups in total. The predicted molar refractivity (Wildman–Crippen MR) is 81.2 cm³/mol. The third-order valence-electron chi connectivity index (χ3n) is 5.43. The zero-order valence-corrected chi connectivity index (χ0v) is 13.0. The summed E-state index contributed by atoms with van der Waals surface area (Å²) in [5.41, 5.74) is 0.378. The van der Waals surface area contributed by atoms with Crippen LogP contribution in [0, 0.1) is 17.3 Å². The van der Waals surface area contributed by atoms with Crippen LogP contribution in [0.15, 0.2) is 0 Å². The summed E-state index contributed by atoms with van der Waals surface area (Å²) in [5.74, 6) is 1.68. The monoisotopic (exact) mass is 264 g/mol. The van der Waals surface area contributed by atoms with Crippen molar-refractivity contribution in [1.29, 1.82) is 0 Å². The minimum absolute atomic E-state index is 0.378. The van der Waals surface area contributed by atoms with Crippen molar-refractivity contribution in [1.82, 2.24) is 0 Å². The molecule has 0 aliphatic heterocycles. The molecule has 110 valence electrons. The van der Waals surface area contributed by atoms with Crippen LogP contribution in [-0.4, -0.2) is 5.78 Å². The largest absolute Gasteiger partial charge is 0.299 e. The van der Waals surface area contributed by atoms with Gasteiger partial charge in [-0.3, -0.25) is 4.79 Å². The van der Waals surface area contributed by atoms with E-state index in [9.17, 15) is 4.79 Å². The first-order valence-corrected chi connectivity index (χ1v) is 8.61. The van der Waals surface area contributed by atoms with Crippen LogP contribution < -0.4 is 0 Å². The summed E-state index contributed by atoms with van der Waals surface area (Å²) in [5, 5.41) is 0. The topological polar surface area (TPSA) is 17.1 Å². The van der Waals surface area contributed by atoms with Crippen LogP contribution in [0.5, 0.6) is 0 Å². The van der Waals surface area contributed by atoms with Crippen molar-refractivity contribution in [2.45, 2.75) is 90.9 Å². The summed E-state index contributed by atoms with van der Waals surface area (Å²) < 4.78 is 0. The fourth-order valence-corrected chi connectivity index (χ4v) is 4.22. The van der Waals surface area contributed by atoms with Gasteiger partial charge in [0.25, 0.3) is 0 Å². The Morgan fingerprint density at radius 2 is 1.53 bits per heavy atom. The normalized spacial score (nSPS) is 31.1. The van der Waals surface area contributed by atoms with E-state index in [1.807, 2.05) is 0 Å². The fourth-order valence-electron chi connectivity index (χ4n) is 4.22. The molecule has 19 heavy (non-hydrogen) atoms. The average Bonchev–Trinajstić information content (AvgIpc) is 2.30. The maximum atomic E-state index is 12.6. The molecule has 0 amide bonds. The number of rotatable bonds is 1. The number of ketones is 1. The van der Waals surface area contributed by atoms with Crippen molar-refractivity contribution in [2.75, 3.05) is 0 Å². The van der Waals surface area contributed by atoms with Crippen molar-refractivity contribution in [3.63, 3.8) is 0 Å². The molecule has 0 aromatic rings. The van der Waals surface area contributed by atoms with Gasteiger partial charge in [-0.1, -0.05) is 52.4 Å². The van der Waals surface area contributed by atoms with E-state index in [0.29, 0.717) is 23.0 Å². The van der Waals surface area contributed by atoms with Gasteiger partial charge in [0.1, 0.15) is 5.78 Å². The van der Waals surface area contributed by atoms with Gasteiger partial charge in [0.15, 0.2) is 0 Å². The molecule has 2 fully saturated rings. The van der Waals surface area contributed by atoms with Crippen LogP contribution in [0.1, 0.15) is 90.9 Å². The van der Waals surface area contributed by atoms with Crippen LogP contribution in [0.4, 0.5) is 0 Å². The highest BCUT2D eigenvalue weighted by Crippen LogP contribution is 2.41. The SMILES string of the molecule is CC1(C)CCCCC(=O)C(C2CCCCCCC2)C1. The molecule has 1 atom stereocenters. The molecule has 1 unspecified atom stereocenters. The minimum Gasteiger partial charge on any atom is -0.299 e. The Bertz CT molecular complexity index is 284. The number of hydrogen-bond acceptors (Lipinski definition) is 1. The maximum absolute atomic E-state index is 12.6. The second-order valence-electron chi connectivity index (χ2n) is 7.75. The minimum atomic E-state index is 0.378. The summed E-state index contributed by atoms with van der Waals surface area (Å²) in [6.07, 6.45) is 15.2. The third-order valence-corrected chi connectivity index (χ3v) is 5.43. The molecule has 0 heterocycles. The van der Waals surface area contributed by atoms with Crippen LogP contribution in [0.2, 0.25) is 0 Å². The summed E-state index contributed by atoms with van der Waals surface area (Å²) in [4.78, 5) is 12.6. The van der Waals surface area contributed by atoms with Gasteiger partial charge in [0.05, 0.1) is 0 Å². The highest BCUT2D eigenvalue weighted by Gasteiger charge is 2.34. The summed E-state index contributed by atoms with van der Waals surface area (Å²) >= 11 is 0. The van der Waals surface area contributed by atoms with Gasteiger partial charge >= 0.3 is 0 Å². The second kappa shape index (κ2) is 6.90. The van der Waals surface area contributed by atoms with Gasteiger partial charge in [-0.05, 0) is 43.4 Å². The average molecular weight is 264 g/mol. The van der Waals surface area contributed by atoms with E-state index >= 15 is 0 Å². The molecule has 0 spiro atoms. The van der Waals surface area contributed by atoms with Crippen molar-refractivity contribution in [3.05, 3.63) is 0 Å². The second-order valence-corrected chi connectivity index (χ2v) is 7.75. The van der Waals surface area contributed by atoms with Crippen LogP contribution in [-0.2, 0) is 4.79 Å². The smallest absolute Gasteiger partial charge is 0.136 e. The van der Waals surface area contributed by atoms with E-state index in [0.717, 1.165) is 19.3 Å². The Morgan fingerprint density at radius 1 is 0.895 bits per heavy atom. The quantitative estimate of drug-likeness (QED) is 0.609. The molecular formula is C18H32O. The predicted octanol–water partition coefficient (Wildman–Crippen LogP) is 5.52. The van der Waals surface area contributed by atoms with Crippen molar-refractivity contribution in [3.8, 4) is 0 Å². The molecular weight excluding hydrogens is 232 g/mol. The first-order chi connectivity index (χ1) is 9.08. The lowest BCUT2D eigenvalue weighted by molar-refractivity contribution is -0.127. The van der Waals surface area contributed by atoms with E-state index in [1.165, 1.54) is 57.8 Å². The molecule has 2 aliphatic carbocycles. The van der Waals surface area contributed by atoms with Crippen LogP contribution >= 0.6 is 0 Å². The van der Waals surface area contributed by atoms with E-state index < -0.39 is 0 Å². The molecule has 2 rings (SSSR count). The van der Waals surface area contributed by atoms with Crippen LogP contribution in [0.3, 0.4) is 0 Å². The molecule has 2 saturated carbocycles. The summed E-state index contributed by atoms with van der Waals surface area (Å²) in [6, 6.07) is 0. The molecule has 0 saturated heterocycles. The number of carbonyl (C=O) groups is 1.